The van der Waals surface area contributed by atoms with E-state index in [2.05, 4.69) is 31.2 Å². The van der Waals surface area contributed by atoms with Crippen molar-refractivity contribution in [3.63, 3.8) is 0 Å². The fourth-order valence-corrected chi connectivity index (χ4v) is 2.91. The summed E-state index contributed by atoms with van der Waals surface area (Å²) in [6, 6.07) is 11.0. The lowest BCUT2D eigenvalue weighted by Crippen LogP contribution is -2.23. The Morgan fingerprint density at radius 2 is 1.88 bits per heavy atom. The number of ether oxygens (including phenoxy) is 2. The molecule has 0 spiro atoms. The van der Waals surface area contributed by atoms with E-state index in [-0.39, 0.29) is 5.91 Å². The van der Waals surface area contributed by atoms with Gasteiger partial charge in [0.05, 0.1) is 31.8 Å². The van der Waals surface area contributed by atoms with Crippen molar-refractivity contribution in [2.75, 3.05) is 14.2 Å². The number of imidazole rings is 1. The van der Waals surface area contributed by atoms with Crippen molar-refractivity contribution in [1.29, 1.82) is 0 Å². The maximum Gasteiger partial charge on any atom is 0.251 e. The van der Waals surface area contributed by atoms with E-state index in [4.69, 9.17) is 9.47 Å². The first-order valence-electron chi connectivity index (χ1n) is 7.25. The number of para-hydroxylation sites is 2. The Kier molecular flexibility index (Phi) is 4.71. The van der Waals surface area contributed by atoms with E-state index in [1.165, 1.54) is 14.2 Å². The number of carbonyl (C=O) groups is 1. The zero-order valence-electron chi connectivity index (χ0n) is 13.2. The lowest BCUT2D eigenvalue weighted by atomic mass is 10.2. The van der Waals surface area contributed by atoms with Crippen LogP contribution in [0.3, 0.4) is 0 Å². The predicted molar refractivity (Wildman–Crippen MR) is 94.5 cm³/mol. The summed E-state index contributed by atoms with van der Waals surface area (Å²) in [7, 11) is 3.07. The minimum atomic E-state index is -0.237. The van der Waals surface area contributed by atoms with Crippen LogP contribution in [0.25, 0.3) is 11.0 Å². The quantitative estimate of drug-likeness (QED) is 0.701. The van der Waals surface area contributed by atoms with E-state index in [1.807, 2.05) is 24.3 Å². The Bertz CT molecular complexity index is 834. The summed E-state index contributed by atoms with van der Waals surface area (Å²) in [6.45, 7) is 0.300. The van der Waals surface area contributed by atoms with Gasteiger partial charge in [-0.25, -0.2) is 4.98 Å². The first kappa shape index (κ1) is 16.3. The number of fused-ring (bicyclic) bond motifs is 1. The number of methoxy groups -OCH3 is 2. The number of H-pyrrole nitrogens is 1. The molecule has 1 heterocycles. The number of aromatic amines is 1. The summed E-state index contributed by atoms with van der Waals surface area (Å²) in [6.07, 6.45) is 0. The van der Waals surface area contributed by atoms with Crippen molar-refractivity contribution in [3.8, 4) is 11.5 Å². The van der Waals surface area contributed by atoms with Crippen molar-refractivity contribution < 1.29 is 14.3 Å². The average Bonchev–Trinajstić information content (AvgIpc) is 3.02. The van der Waals surface area contributed by atoms with Crippen LogP contribution in [0.4, 0.5) is 0 Å². The highest BCUT2D eigenvalue weighted by atomic mass is 79.9. The van der Waals surface area contributed by atoms with Gasteiger partial charge in [-0.15, -0.1) is 0 Å². The zero-order valence-corrected chi connectivity index (χ0v) is 14.8. The molecule has 1 amide bonds. The van der Waals surface area contributed by atoms with Crippen LogP contribution in [0, 0.1) is 0 Å². The van der Waals surface area contributed by atoms with Gasteiger partial charge in [-0.1, -0.05) is 12.1 Å². The average molecular weight is 390 g/mol. The molecule has 7 heteroatoms. The smallest absolute Gasteiger partial charge is 0.251 e. The van der Waals surface area contributed by atoms with Gasteiger partial charge < -0.3 is 19.8 Å². The number of rotatable bonds is 5. The number of halogens is 1. The number of aromatic nitrogens is 2. The number of nitrogens with zero attached hydrogens (tertiary/aromatic N) is 1. The van der Waals surface area contributed by atoms with Crippen molar-refractivity contribution in [3.05, 3.63) is 52.3 Å². The first-order chi connectivity index (χ1) is 11.6. The topological polar surface area (TPSA) is 76.2 Å². The van der Waals surface area contributed by atoms with Crippen LogP contribution in [-0.4, -0.2) is 30.1 Å². The molecule has 0 aliphatic rings. The Morgan fingerprint density at radius 1 is 1.21 bits per heavy atom. The molecule has 0 atom stereocenters. The second-order valence-corrected chi connectivity index (χ2v) is 5.87. The van der Waals surface area contributed by atoms with E-state index in [9.17, 15) is 4.79 Å². The molecule has 0 fully saturated rings. The molecule has 0 bridgehead atoms. The van der Waals surface area contributed by atoms with Gasteiger partial charge in [0.2, 0.25) is 0 Å². The molecule has 1 aromatic heterocycles. The van der Waals surface area contributed by atoms with E-state index in [1.54, 1.807) is 12.1 Å². The second-order valence-electron chi connectivity index (χ2n) is 5.08. The number of hydrogen-bond acceptors (Lipinski definition) is 4. The number of benzene rings is 2. The third-order valence-corrected chi connectivity index (χ3v) is 4.34. The molecule has 0 radical (unpaired) electrons. The van der Waals surface area contributed by atoms with Crippen molar-refractivity contribution in [1.82, 2.24) is 15.3 Å². The molecule has 2 aromatic carbocycles. The van der Waals surface area contributed by atoms with Gasteiger partial charge in [-0.05, 0) is 40.2 Å². The van der Waals surface area contributed by atoms with Crippen LogP contribution in [-0.2, 0) is 6.54 Å². The summed E-state index contributed by atoms with van der Waals surface area (Å²) in [4.78, 5) is 20.0. The molecule has 124 valence electrons. The minimum Gasteiger partial charge on any atom is -0.495 e. The monoisotopic (exact) mass is 389 g/mol. The van der Waals surface area contributed by atoms with Crippen LogP contribution in [0.5, 0.6) is 11.5 Å². The Hall–Kier alpha value is -2.54. The van der Waals surface area contributed by atoms with Gasteiger partial charge in [0, 0.05) is 5.56 Å². The normalized spacial score (nSPS) is 10.6. The minimum absolute atomic E-state index is 0.237. The van der Waals surface area contributed by atoms with Crippen LogP contribution in [0.1, 0.15) is 16.2 Å². The van der Waals surface area contributed by atoms with E-state index < -0.39 is 0 Å². The van der Waals surface area contributed by atoms with Gasteiger partial charge in [0.15, 0.2) is 0 Å². The fraction of sp³-hybridized carbons (Fsp3) is 0.176. The van der Waals surface area contributed by atoms with Crippen LogP contribution in [0.2, 0.25) is 0 Å². The van der Waals surface area contributed by atoms with Gasteiger partial charge in [0.25, 0.3) is 5.91 Å². The number of hydrogen-bond donors (Lipinski definition) is 2. The van der Waals surface area contributed by atoms with Crippen molar-refractivity contribution in [2.45, 2.75) is 6.54 Å². The van der Waals surface area contributed by atoms with Gasteiger partial charge in [-0.3, -0.25) is 4.79 Å². The van der Waals surface area contributed by atoms with Crippen LogP contribution >= 0.6 is 15.9 Å². The molecular weight excluding hydrogens is 374 g/mol. The summed E-state index contributed by atoms with van der Waals surface area (Å²) >= 11 is 3.38. The molecule has 0 saturated heterocycles. The Morgan fingerprint density at radius 3 is 2.50 bits per heavy atom. The predicted octanol–water partition coefficient (Wildman–Crippen LogP) is 3.27. The van der Waals surface area contributed by atoms with E-state index in [0.29, 0.717) is 33.9 Å². The summed E-state index contributed by atoms with van der Waals surface area (Å²) in [5.41, 5.74) is 2.26. The van der Waals surface area contributed by atoms with Crippen LogP contribution in [0.15, 0.2) is 40.9 Å². The van der Waals surface area contributed by atoms with Crippen molar-refractivity contribution in [2.24, 2.45) is 0 Å². The zero-order chi connectivity index (χ0) is 17.1. The Balaban J connectivity index is 1.77. The molecular formula is C17H16BrN3O3. The first-order valence-corrected chi connectivity index (χ1v) is 8.05. The number of nitrogens with one attached hydrogen (secondary N) is 2. The molecule has 3 rings (SSSR count). The third kappa shape index (κ3) is 3.21. The fourth-order valence-electron chi connectivity index (χ4n) is 2.36. The SMILES string of the molecule is COc1cc(C(=O)NCc2nc3ccccc3[nH]2)cc(OC)c1Br. The molecule has 0 aliphatic carbocycles. The lowest BCUT2D eigenvalue weighted by Gasteiger charge is -2.11. The summed E-state index contributed by atoms with van der Waals surface area (Å²) in [5, 5.41) is 2.84. The summed E-state index contributed by atoms with van der Waals surface area (Å²) in [5.74, 6) is 1.52. The van der Waals surface area contributed by atoms with Gasteiger partial charge in [0.1, 0.15) is 21.8 Å². The highest BCUT2D eigenvalue weighted by Gasteiger charge is 2.15. The van der Waals surface area contributed by atoms with E-state index in [0.717, 1.165) is 11.0 Å². The largest absolute Gasteiger partial charge is 0.495 e. The molecule has 24 heavy (non-hydrogen) atoms. The molecule has 0 aliphatic heterocycles. The summed E-state index contributed by atoms with van der Waals surface area (Å²) < 4.78 is 11.2. The molecule has 2 N–H and O–H groups in total. The highest BCUT2D eigenvalue weighted by molar-refractivity contribution is 9.10. The molecule has 0 unspecified atom stereocenters. The molecule has 0 saturated carbocycles. The molecule has 6 nitrogen and oxygen atoms in total. The number of carbonyl (C=O) groups excluding carboxylic acids is 1. The van der Waals surface area contributed by atoms with E-state index >= 15 is 0 Å². The maximum absolute atomic E-state index is 12.4. The standard InChI is InChI=1S/C17H16BrN3O3/c1-23-13-7-10(8-14(24-2)16(13)18)17(22)19-9-15-20-11-5-3-4-6-12(11)21-15/h3-8H,9H2,1-2H3,(H,19,22)(H,20,21). The Labute approximate surface area is 147 Å². The molecule has 3 aromatic rings. The lowest BCUT2D eigenvalue weighted by molar-refractivity contribution is 0.0949. The maximum atomic E-state index is 12.4. The van der Waals surface area contributed by atoms with Crippen molar-refractivity contribution >= 4 is 32.9 Å². The number of amides is 1. The third-order valence-electron chi connectivity index (χ3n) is 3.56. The van der Waals surface area contributed by atoms with Gasteiger partial charge >= 0.3 is 0 Å². The highest BCUT2D eigenvalue weighted by Crippen LogP contribution is 2.35. The second kappa shape index (κ2) is 6.92. The van der Waals surface area contributed by atoms with Crippen LogP contribution < -0.4 is 14.8 Å². The van der Waals surface area contributed by atoms with Gasteiger partial charge in [-0.2, -0.15) is 0 Å².